The molecule has 1 aromatic carbocycles. The highest BCUT2D eigenvalue weighted by molar-refractivity contribution is 5.39. The van der Waals surface area contributed by atoms with Gasteiger partial charge in [0.15, 0.2) is 0 Å². The minimum atomic E-state index is 0.154. The Labute approximate surface area is 131 Å². The normalized spacial score (nSPS) is 10.8. The molecule has 0 saturated carbocycles. The molecule has 1 aromatic heterocycles. The zero-order chi connectivity index (χ0) is 16.0. The van der Waals surface area contributed by atoms with Gasteiger partial charge in [-0.1, -0.05) is 32.9 Å². The maximum atomic E-state index is 8.71. The van der Waals surface area contributed by atoms with E-state index in [2.05, 4.69) is 43.2 Å². The number of hydrogen-bond acceptors (Lipinski definition) is 4. The molecular formula is C18H21N3O. The minimum absolute atomic E-state index is 0.154. The standard InChI is InChI=1S/C18H21N3O/c1-18(2,3)15-5-7-16(8-6-15)22-11-10-20-17-9-4-14(12-19)13-21-17/h4-9,13H,10-11H2,1-3H3,(H,20,21). The number of pyridine rings is 1. The Kier molecular flexibility index (Phi) is 5.00. The molecular weight excluding hydrogens is 274 g/mol. The fourth-order valence-corrected chi connectivity index (χ4v) is 1.96. The number of ether oxygens (including phenoxy) is 1. The number of hydrogen-bond donors (Lipinski definition) is 1. The van der Waals surface area contributed by atoms with E-state index in [0.717, 1.165) is 11.6 Å². The van der Waals surface area contributed by atoms with E-state index in [1.54, 1.807) is 18.3 Å². The Morgan fingerprint density at radius 2 is 1.86 bits per heavy atom. The first kappa shape index (κ1) is 15.8. The Morgan fingerprint density at radius 3 is 2.41 bits per heavy atom. The van der Waals surface area contributed by atoms with Gasteiger partial charge in [-0.2, -0.15) is 5.26 Å². The highest BCUT2D eigenvalue weighted by Crippen LogP contribution is 2.24. The summed E-state index contributed by atoms with van der Waals surface area (Å²) in [6.45, 7) is 7.78. The maximum absolute atomic E-state index is 8.71. The van der Waals surface area contributed by atoms with Crippen LogP contribution in [0.25, 0.3) is 0 Å². The van der Waals surface area contributed by atoms with E-state index in [1.165, 1.54) is 5.56 Å². The summed E-state index contributed by atoms with van der Waals surface area (Å²) in [5.41, 5.74) is 2.00. The summed E-state index contributed by atoms with van der Waals surface area (Å²) in [6, 6.07) is 13.8. The summed E-state index contributed by atoms with van der Waals surface area (Å²) in [5.74, 6) is 1.60. The van der Waals surface area contributed by atoms with Crippen LogP contribution in [0.5, 0.6) is 5.75 Å². The summed E-state index contributed by atoms with van der Waals surface area (Å²) < 4.78 is 5.70. The number of nitrogens with one attached hydrogen (secondary N) is 1. The molecule has 0 radical (unpaired) electrons. The third-order valence-corrected chi connectivity index (χ3v) is 3.29. The predicted molar refractivity (Wildman–Crippen MR) is 88.1 cm³/mol. The van der Waals surface area contributed by atoms with Crippen LogP contribution < -0.4 is 10.1 Å². The zero-order valence-corrected chi connectivity index (χ0v) is 13.3. The lowest BCUT2D eigenvalue weighted by Gasteiger charge is -2.19. The van der Waals surface area contributed by atoms with Gasteiger partial charge in [0.1, 0.15) is 24.2 Å². The van der Waals surface area contributed by atoms with Crippen molar-refractivity contribution in [3.63, 3.8) is 0 Å². The van der Waals surface area contributed by atoms with Crippen molar-refractivity contribution < 1.29 is 4.74 Å². The molecule has 0 aliphatic heterocycles. The lowest BCUT2D eigenvalue weighted by Crippen LogP contribution is -2.13. The van der Waals surface area contributed by atoms with Crippen LogP contribution in [0.15, 0.2) is 42.6 Å². The molecule has 0 unspecified atom stereocenters. The van der Waals surface area contributed by atoms with Gasteiger partial charge in [-0.25, -0.2) is 4.98 Å². The molecule has 2 aromatic rings. The van der Waals surface area contributed by atoms with Crippen LogP contribution in [0.4, 0.5) is 5.82 Å². The van der Waals surface area contributed by atoms with E-state index in [1.807, 2.05) is 18.2 Å². The molecule has 0 amide bonds. The Morgan fingerprint density at radius 1 is 1.14 bits per heavy atom. The molecule has 0 aliphatic carbocycles. The largest absolute Gasteiger partial charge is 0.492 e. The molecule has 0 atom stereocenters. The smallest absolute Gasteiger partial charge is 0.126 e. The molecule has 114 valence electrons. The van der Waals surface area contributed by atoms with Crippen molar-refractivity contribution in [1.29, 1.82) is 5.26 Å². The van der Waals surface area contributed by atoms with Crippen molar-refractivity contribution >= 4 is 5.82 Å². The predicted octanol–water partition coefficient (Wildman–Crippen LogP) is 3.74. The average Bonchev–Trinajstić information content (AvgIpc) is 2.52. The van der Waals surface area contributed by atoms with Gasteiger partial charge in [-0.05, 0) is 35.2 Å². The van der Waals surface area contributed by atoms with E-state index in [-0.39, 0.29) is 5.41 Å². The molecule has 0 spiro atoms. The quantitative estimate of drug-likeness (QED) is 0.854. The van der Waals surface area contributed by atoms with Gasteiger partial charge >= 0.3 is 0 Å². The molecule has 0 fully saturated rings. The van der Waals surface area contributed by atoms with Gasteiger partial charge in [-0.3, -0.25) is 0 Å². The molecule has 0 aliphatic rings. The molecule has 0 bridgehead atoms. The number of benzene rings is 1. The third-order valence-electron chi connectivity index (χ3n) is 3.29. The second-order valence-electron chi connectivity index (χ2n) is 6.09. The highest BCUT2D eigenvalue weighted by Gasteiger charge is 2.12. The van der Waals surface area contributed by atoms with E-state index in [4.69, 9.17) is 10.00 Å². The van der Waals surface area contributed by atoms with Crippen molar-refractivity contribution in [1.82, 2.24) is 4.98 Å². The van der Waals surface area contributed by atoms with Crippen molar-refractivity contribution in [3.05, 3.63) is 53.7 Å². The number of aromatic nitrogens is 1. The second-order valence-corrected chi connectivity index (χ2v) is 6.09. The van der Waals surface area contributed by atoms with Crippen LogP contribution in [0.2, 0.25) is 0 Å². The van der Waals surface area contributed by atoms with E-state index in [9.17, 15) is 0 Å². The zero-order valence-electron chi connectivity index (χ0n) is 13.3. The first-order valence-electron chi connectivity index (χ1n) is 7.32. The van der Waals surface area contributed by atoms with Crippen LogP contribution in [0.3, 0.4) is 0 Å². The molecule has 22 heavy (non-hydrogen) atoms. The van der Waals surface area contributed by atoms with E-state index >= 15 is 0 Å². The number of anilines is 1. The summed E-state index contributed by atoms with van der Waals surface area (Å²) >= 11 is 0. The Bertz CT molecular complexity index is 634. The molecule has 4 heteroatoms. The maximum Gasteiger partial charge on any atom is 0.126 e. The van der Waals surface area contributed by atoms with E-state index in [0.29, 0.717) is 18.7 Å². The molecule has 1 N–H and O–H groups in total. The topological polar surface area (TPSA) is 57.9 Å². The van der Waals surface area contributed by atoms with Gasteiger partial charge in [0.25, 0.3) is 0 Å². The third kappa shape index (κ3) is 4.49. The van der Waals surface area contributed by atoms with Crippen molar-refractivity contribution in [2.24, 2.45) is 0 Å². The summed E-state index contributed by atoms with van der Waals surface area (Å²) in [7, 11) is 0. The van der Waals surface area contributed by atoms with Gasteiger partial charge in [0, 0.05) is 6.20 Å². The lowest BCUT2D eigenvalue weighted by atomic mass is 9.87. The van der Waals surface area contributed by atoms with Gasteiger partial charge in [0.05, 0.1) is 12.1 Å². The molecule has 2 rings (SSSR count). The number of nitriles is 1. The van der Waals surface area contributed by atoms with Crippen LogP contribution >= 0.6 is 0 Å². The second kappa shape index (κ2) is 6.95. The fourth-order valence-electron chi connectivity index (χ4n) is 1.96. The first-order chi connectivity index (χ1) is 10.5. The highest BCUT2D eigenvalue weighted by atomic mass is 16.5. The Balaban J connectivity index is 1.77. The summed E-state index contributed by atoms with van der Waals surface area (Å²) in [6.07, 6.45) is 1.55. The Hall–Kier alpha value is -2.54. The van der Waals surface area contributed by atoms with Crippen LogP contribution in [0, 0.1) is 11.3 Å². The number of rotatable bonds is 5. The molecule has 4 nitrogen and oxygen atoms in total. The SMILES string of the molecule is CC(C)(C)c1ccc(OCCNc2ccc(C#N)cn2)cc1. The van der Waals surface area contributed by atoms with Crippen LogP contribution in [0.1, 0.15) is 31.9 Å². The lowest BCUT2D eigenvalue weighted by molar-refractivity contribution is 0.332. The van der Waals surface area contributed by atoms with Gasteiger partial charge in [0.2, 0.25) is 0 Å². The number of nitrogens with zero attached hydrogens (tertiary/aromatic N) is 2. The molecule has 0 saturated heterocycles. The monoisotopic (exact) mass is 295 g/mol. The van der Waals surface area contributed by atoms with Gasteiger partial charge < -0.3 is 10.1 Å². The molecule has 1 heterocycles. The summed E-state index contributed by atoms with van der Waals surface area (Å²) in [5, 5.41) is 11.9. The van der Waals surface area contributed by atoms with Crippen LogP contribution in [-0.4, -0.2) is 18.1 Å². The average molecular weight is 295 g/mol. The van der Waals surface area contributed by atoms with Crippen molar-refractivity contribution in [2.45, 2.75) is 26.2 Å². The van der Waals surface area contributed by atoms with Crippen LogP contribution in [-0.2, 0) is 5.41 Å². The minimum Gasteiger partial charge on any atom is -0.492 e. The van der Waals surface area contributed by atoms with Crippen molar-refractivity contribution in [2.75, 3.05) is 18.5 Å². The van der Waals surface area contributed by atoms with E-state index < -0.39 is 0 Å². The van der Waals surface area contributed by atoms with Crippen molar-refractivity contribution in [3.8, 4) is 11.8 Å². The fraction of sp³-hybridized carbons (Fsp3) is 0.333. The first-order valence-corrected chi connectivity index (χ1v) is 7.32. The van der Waals surface area contributed by atoms with Gasteiger partial charge in [-0.15, -0.1) is 0 Å². The summed E-state index contributed by atoms with van der Waals surface area (Å²) in [4.78, 5) is 4.14.